The van der Waals surface area contributed by atoms with Gasteiger partial charge in [0.2, 0.25) is 0 Å². The molecule has 5 heteroatoms. The summed E-state index contributed by atoms with van der Waals surface area (Å²) >= 11 is 0. The Labute approximate surface area is 261 Å². The van der Waals surface area contributed by atoms with Gasteiger partial charge in [0, 0.05) is 47.6 Å². The maximum atomic E-state index is 13.3. The number of allylic oxidation sites excluding steroid dienone is 2. The minimum atomic E-state index is 0.107. The number of Topliss-reactive ketones (excluding diaryl/α,β-unsaturated/α-hetero) is 1. The van der Waals surface area contributed by atoms with Crippen molar-refractivity contribution in [3.8, 4) is 11.5 Å². The molecule has 2 atom stereocenters. The van der Waals surface area contributed by atoms with Gasteiger partial charge in [0.1, 0.15) is 17.2 Å². The third-order valence-corrected chi connectivity index (χ3v) is 8.96. The Balaban J connectivity index is 2.11. The van der Waals surface area contributed by atoms with E-state index in [0.717, 1.165) is 54.9 Å². The van der Waals surface area contributed by atoms with Crippen molar-refractivity contribution < 1.29 is 14.3 Å². The molecule has 0 aromatic heterocycles. The van der Waals surface area contributed by atoms with Crippen LogP contribution in [0.3, 0.4) is 0 Å². The normalized spacial score (nSPS) is 15.2. The number of ether oxygens (including phenoxy) is 2. The van der Waals surface area contributed by atoms with E-state index in [0.29, 0.717) is 34.6 Å². The molecule has 43 heavy (non-hydrogen) atoms. The maximum Gasteiger partial charge on any atom is 0.189 e. The molecule has 0 bridgehead atoms. The molecule has 0 fully saturated rings. The molecule has 236 valence electrons. The van der Waals surface area contributed by atoms with Crippen LogP contribution in [-0.4, -0.2) is 38.8 Å². The molecule has 0 radical (unpaired) electrons. The SMILES string of the molecule is CCCCC1=CC(=Nc2c(OC)cc(N(CC(CC)CCCC)CC(CC)CCCC)cc2OC)c2ccccc2C1=O. The fourth-order valence-corrected chi connectivity index (χ4v) is 6.07. The average Bonchev–Trinajstić information content (AvgIpc) is 3.04. The molecule has 1 aliphatic rings. The van der Waals surface area contributed by atoms with E-state index in [1.165, 1.54) is 51.4 Å². The van der Waals surface area contributed by atoms with Crippen LogP contribution >= 0.6 is 0 Å². The molecule has 0 spiro atoms. The number of aliphatic imine (C=N–C) groups is 1. The van der Waals surface area contributed by atoms with E-state index in [1.54, 1.807) is 14.2 Å². The lowest BCUT2D eigenvalue weighted by molar-refractivity contribution is 0.102. The van der Waals surface area contributed by atoms with Crippen LogP contribution < -0.4 is 14.4 Å². The number of methoxy groups -OCH3 is 2. The third kappa shape index (κ3) is 9.20. The zero-order valence-corrected chi connectivity index (χ0v) is 28.0. The molecule has 2 aromatic carbocycles. The molecular formula is C38H56N2O3. The fraction of sp³-hybridized carbons (Fsp3) is 0.579. The predicted octanol–water partition coefficient (Wildman–Crippen LogP) is 10.4. The minimum absolute atomic E-state index is 0.107. The van der Waals surface area contributed by atoms with Gasteiger partial charge in [-0.2, -0.15) is 0 Å². The van der Waals surface area contributed by atoms with Crippen LogP contribution in [-0.2, 0) is 0 Å². The lowest BCUT2D eigenvalue weighted by Gasteiger charge is -2.33. The van der Waals surface area contributed by atoms with Crippen molar-refractivity contribution in [3.63, 3.8) is 0 Å². The van der Waals surface area contributed by atoms with Crippen LogP contribution in [0.15, 0.2) is 53.0 Å². The first-order valence-electron chi connectivity index (χ1n) is 16.9. The number of hydrogen-bond donors (Lipinski definition) is 0. The van der Waals surface area contributed by atoms with Gasteiger partial charge in [-0.1, -0.05) is 104 Å². The molecule has 5 nitrogen and oxygen atoms in total. The van der Waals surface area contributed by atoms with Crippen LogP contribution in [0.1, 0.15) is 121 Å². The van der Waals surface area contributed by atoms with Gasteiger partial charge in [-0.15, -0.1) is 0 Å². The summed E-state index contributed by atoms with van der Waals surface area (Å²) in [4.78, 5) is 21.0. The van der Waals surface area contributed by atoms with E-state index < -0.39 is 0 Å². The molecular weight excluding hydrogens is 532 g/mol. The van der Waals surface area contributed by atoms with Gasteiger partial charge in [-0.05, 0) is 43.6 Å². The van der Waals surface area contributed by atoms with E-state index in [-0.39, 0.29) is 5.78 Å². The minimum Gasteiger partial charge on any atom is -0.494 e. The van der Waals surface area contributed by atoms with Gasteiger partial charge in [0.25, 0.3) is 0 Å². The molecule has 0 N–H and O–H groups in total. The number of anilines is 1. The van der Waals surface area contributed by atoms with Crippen LogP contribution in [0.25, 0.3) is 0 Å². The number of rotatable bonds is 19. The van der Waals surface area contributed by atoms with Crippen LogP contribution in [0.5, 0.6) is 11.5 Å². The number of carbonyl (C=O) groups is 1. The highest BCUT2D eigenvalue weighted by molar-refractivity contribution is 6.26. The highest BCUT2D eigenvalue weighted by Crippen LogP contribution is 2.43. The molecule has 2 unspecified atom stereocenters. The summed E-state index contributed by atoms with van der Waals surface area (Å²) in [5.74, 6) is 2.77. The van der Waals surface area contributed by atoms with Gasteiger partial charge in [0.05, 0.1) is 19.9 Å². The second kappa shape index (κ2) is 17.9. The first-order valence-corrected chi connectivity index (χ1v) is 16.9. The molecule has 0 heterocycles. The van der Waals surface area contributed by atoms with Crippen molar-refractivity contribution in [2.75, 3.05) is 32.2 Å². The predicted molar refractivity (Wildman–Crippen MR) is 183 cm³/mol. The van der Waals surface area contributed by atoms with Gasteiger partial charge in [0.15, 0.2) is 5.78 Å². The summed E-state index contributed by atoms with van der Waals surface area (Å²) in [6.07, 6.45) is 14.6. The summed E-state index contributed by atoms with van der Waals surface area (Å²) in [6, 6.07) is 12.1. The number of ketones is 1. The van der Waals surface area contributed by atoms with Gasteiger partial charge in [-0.3, -0.25) is 4.79 Å². The van der Waals surface area contributed by atoms with E-state index >= 15 is 0 Å². The molecule has 0 aliphatic heterocycles. The standard InChI is InChI=1S/C38H56N2O3/c1-8-13-18-28(11-4)26-40(27-29(12-5)19-14-9-2)31-24-35(42-6)37(36(25-31)43-7)39-34-23-30(20-15-10-3)38(41)33-22-17-16-21-32(33)34/h16-17,21-25,28-29H,8-15,18-20,26-27H2,1-7H3. The summed E-state index contributed by atoms with van der Waals surface area (Å²) in [6.45, 7) is 13.4. The number of carbonyl (C=O) groups excluding carboxylic acids is 1. The van der Waals surface area contributed by atoms with Crippen molar-refractivity contribution >= 4 is 22.9 Å². The average molecular weight is 589 g/mol. The number of benzene rings is 2. The van der Waals surface area contributed by atoms with Crippen molar-refractivity contribution in [1.29, 1.82) is 0 Å². The van der Waals surface area contributed by atoms with E-state index in [4.69, 9.17) is 14.5 Å². The summed E-state index contributed by atoms with van der Waals surface area (Å²) in [5, 5.41) is 0. The Hall–Kier alpha value is -3.08. The van der Waals surface area contributed by atoms with Crippen molar-refractivity contribution in [2.45, 2.75) is 105 Å². The molecule has 2 aromatic rings. The zero-order chi connectivity index (χ0) is 31.2. The Morgan fingerprint density at radius 1 is 0.767 bits per heavy atom. The van der Waals surface area contributed by atoms with Crippen LogP contribution in [0.4, 0.5) is 11.4 Å². The first kappa shape index (κ1) is 34.4. The summed E-state index contributed by atoms with van der Waals surface area (Å²) < 4.78 is 12.0. The van der Waals surface area contributed by atoms with Crippen molar-refractivity contribution in [1.82, 2.24) is 0 Å². The highest BCUT2D eigenvalue weighted by atomic mass is 16.5. The van der Waals surface area contributed by atoms with Crippen molar-refractivity contribution in [2.24, 2.45) is 16.8 Å². The monoisotopic (exact) mass is 588 g/mol. The molecule has 0 saturated heterocycles. The largest absolute Gasteiger partial charge is 0.494 e. The lowest BCUT2D eigenvalue weighted by atomic mass is 9.87. The Bertz CT molecular complexity index is 1190. The number of unbranched alkanes of at least 4 members (excludes halogenated alkanes) is 3. The zero-order valence-electron chi connectivity index (χ0n) is 28.0. The van der Waals surface area contributed by atoms with Gasteiger partial charge < -0.3 is 14.4 Å². The fourth-order valence-electron chi connectivity index (χ4n) is 6.07. The lowest BCUT2D eigenvalue weighted by Crippen LogP contribution is -2.34. The number of fused-ring (bicyclic) bond motifs is 1. The van der Waals surface area contributed by atoms with Crippen LogP contribution in [0, 0.1) is 11.8 Å². The quantitative estimate of drug-likeness (QED) is 0.164. The van der Waals surface area contributed by atoms with Crippen molar-refractivity contribution in [3.05, 3.63) is 59.2 Å². The Morgan fingerprint density at radius 3 is 1.79 bits per heavy atom. The highest BCUT2D eigenvalue weighted by Gasteiger charge is 2.26. The first-order chi connectivity index (χ1) is 20.9. The molecule has 0 saturated carbocycles. The second-order valence-corrected chi connectivity index (χ2v) is 12.1. The number of hydrogen-bond acceptors (Lipinski definition) is 5. The van der Waals surface area contributed by atoms with E-state index in [9.17, 15) is 4.79 Å². The Kier molecular flexibility index (Phi) is 14.3. The van der Waals surface area contributed by atoms with E-state index in [1.807, 2.05) is 30.3 Å². The topological polar surface area (TPSA) is 51.1 Å². The molecule has 1 aliphatic carbocycles. The second-order valence-electron chi connectivity index (χ2n) is 12.1. The summed E-state index contributed by atoms with van der Waals surface area (Å²) in [5.41, 5.74) is 4.95. The smallest absolute Gasteiger partial charge is 0.189 e. The molecule has 3 rings (SSSR count). The maximum absolute atomic E-state index is 13.3. The summed E-state index contributed by atoms with van der Waals surface area (Å²) in [7, 11) is 3.42. The van der Waals surface area contributed by atoms with Crippen LogP contribution in [0.2, 0.25) is 0 Å². The number of nitrogens with zero attached hydrogens (tertiary/aromatic N) is 2. The van der Waals surface area contributed by atoms with Gasteiger partial charge >= 0.3 is 0 Å². The van der Waals surface area contributed by atoms with E-state index in [2.05, 4.69) is 51.7 Å². The molecule has 0 amide bonds. The third-order valence-electron chi connectivity index (χ3n) is 8.96. The van der Waals surface area contributed by atoms with Gasteiger partial charge in [-0.25, -0.2) is 4.99 Å². The Morgan fingerprint density at radius 2 is 1.30 bits per heavy atom.